The van der Waals surface area contributed by atoms with Gasteiger partial charge in [-0.05, 0) is 81.0 Å². The van der Waals surface area contributed by atoms with Gasteiger partial charge in [-0.3, -0.25) is 4.79 Å². The SMILES string of the molecule is Cc1ccc(S(=O)(=O)N2CCC(C(=O)Nc3ccc4nc(C5CCC5)[nH]c4c3)CC2)cc1C. The lowest BCUT2D eigenvalue weighted by molar-refractivity contribution is -0.120. The molecule has 0 bridgehead atoms. The molecule has 174 valence electrons. The van der Waals surface area contributed by atoms with Crippen LogP contribution in [0.25, 0.3) is 11.0 Å². The number of hydrogen-bond donors (Lipinski definition) is 2. The fourth-order valence-corrected chi connectivity index (χ4v) is 6.16. The summed E-state index contributed by atoms with van der Waals surface area (Å²) in [4.78, 5) is 21.3. The van der Waals surface area contributed by atoms with Gasteiger partial charge in [-0.15, -0.1) is 0 Å². The molecular weight excluding hydrogens is 436 g/mol. The van der Waals surface area contributed by atoms with Gasteiger partial charge < -0.3 is 10.3 Å². The number of hydrogen-bond acceptors (Lipinski definition) is 4. The van der Waals surface area contributed by atoms with Crippen LogP contribution in [0.15, 0.2) is 41.3 Å². The summed E-state index contributed by atoms with van der Waals surface area (Å²) in [7, 11) is -3.55. The number of amides is 1. The molecule has 2 N–H and O–H groups in total. The molecule has 0 spiro atoms. The number of anilines is 1. The van der Waals surface area contributed by atoms with Crippen molar-refractivity contribution in [1.29, 1.82) is 0 Å². The molecule has 5 rings (SSSR count). The Morgan fingerprint density at radius 2 is 1.79 bits per heavy atom. The highest BCUT2D eigenvalue weighted by Gasteiger charge is 2.32. The molecule has 1 saturated heterocycles. The monoisotopic (exact) mass is 466 g/mol. The molecule has 8 heteroatoms. The number of carbonyl (C=O) groups excluding carboxylic acids is 1. The number of sulfonamides is 1. The van der Waals surface area contributed by atoms with Crippen molar-refractivity contribution in [3.8, 4) is 0 Å². The molecule has 0 unspecified atom stereocenters. The second-order valence-electron chi connectivity index (χ2n) is 9.40. The van der Waals surface area contributed by atoms with Crippen molar-refractivity contribution >= 4 is 32.7 Å². The Bertz CT molecular complexity index is 1300. The zero-order chi connectivity index (χ0) is 23.2. The van der Waals surface area contributed by atoms with E-state index >= 15 is 0 Å². The average molecular weight is 467 g/mol. The van der Waals surface area contributed by atoms with Crippen LogP contribution in [-0.4, -0.2) is 41.7 Å². The molecule has 1 saturated carbocycles. The van der Waals surface area contributed by atoms with Gasteiger partial charge in [-0.2, -0.15) is 4.31 Å². The Hall–Kier alpha value is -2.71. The molecule has 2 aliphatic rings. The van der Waals surface area contributed by atoms with E-state index in [1.165, 1.54) is 23.6 Å². The van der Waals surface area contributed by atoms with E-state index < -0.39 is 10.0 Å². The molecule has 2 fully saturated rings. The Morgan fingerprint density at radius 3 is 2.45 bits per heavy atom. The summed E-state index contributed by atoms with van der Waals surface area (Å²) < 4.78 is 27.6. The van der Waals surface area contributed by atoms with E-state index in [-0.39, 0.29) is 11.8 Å². The number of H-pyrrole nitrogens is 1. The van der Waals surface area contributed by atoms with Gasteiger partial charge in [0.05, 0.1) is 15.9 Å². The topological polar surface area (TPSA) is 95.2 Å². The van der Waals surface area contributed by atoms with Gasteiger partial charge in [0.15, 0.2) is 0 Å². The lowest BCUT2D eigenvalue weighted by atomic mass is 9.85. The van der Waals surface area contributed by atoms with Gasteiger partial charge in [0, 0.05) is 30.6 Å². The molecule has 0 atom stereocenters. The van der Waals surface area contributed by atoms with E-state index in [1.54, 1.807) is 12.1 Å². The predicted octanol–water partition coefficient (Wildman–Crippen LogP) is 4.49. The third kappa shape index (κ3) is 4.29. The number of benzene rings is 2. The van der Waals surface area contributed by atoms with Crippen molar-refractivity contribution in [1.82, 2.24) is 14.3 Å². The van der Waals surface area contributed by atoms with Crippen molar-refractivity contribution < 1.29 is 13.2 Å². The first-order valence-electron chi connectivity index (χ1n) is 11.7. The van der Waals surface area contributed by atoms with E-state index in [0.29, 0.717) is 36.7 Å². The lowest BCUT2D eigenvalue weighted by Crippen LogP contribution is -2.41. The van der Waals surface area contributed by atoms with E-state index in [2.05, 4.69) is 15.3 Å². The number of aryl methyl sites for hydroxylation is 2. The van der Waals surface area contributed by atoms with Crippen LogP contribution in [0.5, 0.6) is 0 Å². The first-order valence-corrected chi connectivity index (χ1v) is 13.1. The molecule has 2 heterocycles. The number of nitrogens with one attached hydrogen (secondary N) is 2. The molecule has 7 nitrogen and oxygen atoms in total. The third-order valence-electron chi connectivity index (χ3n) is 7.20. The lowest BCUT2D eigenvalue weighted by Gasteiger charge is -2.30. The Morgan fingerprint density at radius 1 is 1.03 bits per heavy atom. The maximum absolute atomic E-state index is 13.0. The number of rotatable bonds is 5. The number of aromatic amines is 1. The van der Waals surface area contributed by atoms with Crippen LogP contribution in [-0.2, 0) is 14.8 Å². The van der Waals surface area contributed by atoms with Crippen LogP contribution in [0.1, 0.15) is 55.0 Å². The van der Waals surface area contributed by atoms with Gasteiger partial charge in [0.25, 0.3) is 0 Å². The zero-order valence-electron chi connectivity index (χ0n) is 19.1. The summed E-state index contributed by atoms with van der Waals surface area (Å²) in [5, 5.41) is 3.01. The summed E-state index contributed by atoms with van der Waals surface area (Å²) in [6.07, 6.45) is 4.64. The van der Waals surface area contributed by atoms with Gasteiger partial charge >= 0.3 is 0 Å². The van der Waals surface area contributed by atoms with Crippen LogP contribution >= 0.6 is 0 Å². The summed E-state index contributed by atoms with van der Waals surface area (Å²) in [6.45, 7) is 4.57. The molecule has 1 amide bonds. The highest BCUT2D eigenvalue weighted by molar-refractivity contribution is 7.89. The molecular formula is C25H30N4O3S. The van der Waals surface area contributed by atoms with Gasteiger partial charge in [-0.1, -0.05) is 12.5 Å². The minimum absolute atomic E-state index is 0.0590. The number of piperidine rings is 1. The van der Waals surface area contributed by atoms with Crippen LogP contribution in [0.3, 0.4) is 0 Å². The highest BCUT2D eigenvalue weighted by Crippen LogP contribution is 2.35. The second kappa shape index (κ2) is 8.57. The Kier molecular flexibility index (Phi) is 5.74. The number of carbonyl (C=O) groups is 1. The van der Waals surface area contributed by atoms with E-state index in [1.807, 2.05) is 38.1 Å². The fourth-order valence-electron chi connectivity index (χ4n) is 4.61. The number of aromatic nitrogens is 2. The minimum Gasteiger partial charge on any atom is -0.342 e. The summed E-state index contributed by atoms with van der Waals surface area (Å²) in [5.74, 6) is 1.30. The quantitative estimate of drug-likeness (QED) is 0.579. The smallest absolute Gasteiger partial charge is 0.243 e. The van der Waals surface area contributed by atoms with Gasteiger partial charge in [0.1, 0.15) is 5.82 Å². The van der Waals surface area contributed by atoms with Crippen molar-refractivity contribution in [2.75, 3.05) is 18.4 Å². The number of fused-ring (bicyclic) bond motifs is 1. The third-order valence-corrected chi connectivity index (χ3v) is 9.10. The van der Waals surface area contributed by atoms with Gasteiger partial charge in [0.2, 0.25) is 15.9 Å². The van der Waals surface area contributed by atoms with Crippen LogP contribution in [0.4, 0.5) is 5.69 Å². The van der Waals surface area contributed by atoms with Gasteiger partial charge in [-0.25, -0.2) is 13.4 Å². The molecule has 33 heavy (non-hydrogen) atoms. The first kappa shape index (κ1) is 22.1. The average Bonchev–Trinajstić information content (AvgIpc) is 3.16. The molecule has 2 aromatic carbocycles. The fraction of sp³-hybridized carbons (Fsp3) is 0.440. The molecule has 1 aliphatic carbocycles. The van der Waals surface area contributed by atoms with E-state index in [9.17, 15) is 13.2 Å². The largest absolute Gasteiger partial charge is 0.342 e. The standard InChI is InChI=1S/C25H30N4O3S/c1-16-6-8-21(14-17(16)2)33(31,32)29-12-10-19(11-13-29)25(30)26-20-7-9-22-23(15-20)28-24(27-22)18-4-3-5-18/h6-9,14-15,18-19H,3-5,10-13H2,1-2H3,(H,26,30)(H,27,28). The molecule has 1 aliphatic heterocycles. The van der Waals surface area contributed by atoms with Crippen LogP contribution in [0, 0.1) is 19.8 Å². The molecule has 1 aromatic heterocycles. The second-order valence-corrected chi connectivity index (χ2v) is 11.3. The minimum atomic E-state index is -3.55. The molecule has 0 radical (unpaired) electrons. The van der Waals surface area contributed by atoms with Crippen molar-refractivity contribution in [2.45, 2.75) is 56.8 Å². The maximum Gasteiger partial charge on any atom is 0.243 e. The van der Waals surface area contributed by atoms with E-state index in [4.69, 9.17) is 0 Å². The number of imidazole rings is 1. The summed E-state index contributed by atoms with van der Waals surface area (Å²) in [5.41, 5.74) is 4.61. The summed E-state index contributed by atoms with van der Waals surface area (Å²) >= 11 is 0. The van der Waals surface area contributed by atoms with Crippen LogP contribution in [0.2, 0.25) is 0 Å². The molecule has 3 aromatic rings. The van der Waals surface area contributed by atoms with Crippen molar-refractivity contribution in [2.24, 2.45) is 5.92 Å². The zero-order valence-corrected chi connectivity index (χ0v) is 19.9. The normalized spacial score (nSPS) is 18.4. The van der Waals surface area contributed by atoms with E-state index in [0.717, 1.165) is 33.7 Å². The number of nitrogens with zero attached hydrogens (tertiary/aromatic N) is 2. The Balaban J connectivity index is 1.22. The first-order chi connectivity index (χ1) is 15.8. The van der Waals surface area contributed by atoms with Crippen molar-refractivity contribution in [3.63, 3.8) is 0 Å². The summed E-state index contributed by atoms with van der Waals surface area (Å²) in [6, 6.07) is 11.0. The van der Waals surface area contributed by atoms with Crippen molar-refractivity contribution in [3.05, 3.63) is 53.3 Å². The van der Waals surface area contributed by atoms with Crippen LogP contribution < -0.4 is 5.32 Å². The Labute approximate surface area is 194 Å². The predicted molar refractivity (Wildman–Crippen MR) is 129 cm³/mol. The highest BCUT2D eigenvalue weighted by atomic mass is 32.2. The maximum atomic E-state index is 13.0.